The molecule has 5 heteroatoms. The Morgan fingerprint density at radius 2 is 1.95 bits per heavy atom. The number of benzene rings is 1. The summed E-state index contributed by atoms with van der Waals surface area (Å²) >= 11 is 0. The van der Waals surface area contributed by atoms with E-state index in [1.165, 1.54) is 0 Å². The molecule has 0 atom stereocenters. The molecule has 110 valence electrons. The Kier molecular flexibility index (Phi) is 4.60. The topological polar surface area (TPSA) is 63.2 Å². The van der Waals surface area contributed by atoms with E-state index in [4.69, 9.17) is 0 Å². The van der Waals surface area contributed by atoms with E-state index in [1.807, 2.05) is 6.92 Å². The first-order valence-electron chi connectivity index (χ1n) is 7.04. The van der Waals surface area contributed by atoms with Crippen molar-refractivity contribution in [1.29, 1.82) is 0 Å². The quantitative estimate of drug-likeness (QED) is 0.863. The number of hydrogen-bond donors (Lipinski definition) is 1. The molecule has 0 unspecified atom stereocenters. The summed E-state index contributed by atoms with van der Waals surface area (Å²) in [6, 6.07) is 5.04. The van der Waals surface area contributed by atoms with Crippen LogP contribution < -0.4 is 5.32 Å². The Labute approximate surface area is 120 Å². The zero-order valence-electron chi connectivity index (χ0n) is 12.0. The third-order valence-corrected chi connectivity index (χ3v) is 5.61. The first kappa shape index (κ1) is 15.2. The van der Waals surface area contributed by atoms with Crippen LogP contribution in [0.5, 0.6) is 0 Å². The summed E-state index contributed by atoms with van der Waals surface area (Å²) in [5, 5.41) is 3.22. The highest BCUT2D eigenvalue weighted by atomic mass is 32.2. The lowest BCUT2D eigenvalue weighted by atomic mass is 9.89. The molecule has 1 fully saturated rings. The maximum Gasteiger partial charge on any atom is 0.178 e. The summed E-state index contributed by atoms with van der Waals surface area (Å²) in [4.78, 5) is 12.8. The van der Waals surface area contributed by atoms with E-state index in [0.29, 0.717) is 5.56 Å². The normalized spacial score (nSPS) is 17.1. The molecule has 1 N–H and O–H groups in total. The zero-order chi connectivity index (χ0) is 14.8. The molecule has 0 bridgehead atoms. The maximum absolute atomic E-state index is 12.6. The van der Waals surface area contributed by atoms with Crippen LogP contribution in [0.15, 0.2) is 23.1 Å². The number of ketones is 1. The van der Waals surface area contributed by atoms with Crippen molar-refractivity contribution in [2.24, 2.45) is 5.92 Å². The Morgan fingerprint density at radius 3 is 2.55 bits per heavy atom. The van der Waals surface area contributed by atoms with E-state index in [2.05, 4.69) is 5.32 Å². The molecular formula is C15H21NO3S. The average Bonchev–Trinajstić information content (AvgIpc) is 2.47. The van der Waals surface area contributed by atoms with Crippen LogP contribution in [0.25, 0.3) is 0 Å². The van der Waals surface area contributed by atoms with Gasteiger partial charge in [0.2, 0.25) is 0 Å². The van der Waals surface area contributed by atoms with E-state index in [9.17, 15) is 13.2 Å². The molecule has 0 aromatic heterocycles. The molecule has 0 saturated carbocycles. The molecule has 1 aromatic rings. The Balaban J connectivity index is 2.44. The number of piperidine rings is 1. The first-order chi connectivity index (χ1) is 9.45. The summed E-state index contributed by atoms with van der Waals surface area (Å²) < 4.78 is 24.3. The van der Waals surface area contributed by atoms with Gasteiger partial charge >= 0.3 is 0 Å². The molecule has 1 saturated heterocycles. The Bertz CT molecular complexity index is 602. The van der Waals surface area contributed by atoms with Crippen LogP contribution in [0.1, 0.15) is 35.7 Å². The molecule has 0 spiro atoms. The summed E-state index contributed by atoms with van der Waals surface area (Å²) in [5.41, 5.74) is 1.29. The number of rotatable bonds is 4. The van der Waals surface area contributed by atoms with Gasteiger partial charge in [-0.05, 0) is 45.0 Å². The van der Waals surface area contributed by atoms with Crippen LogP contribution in [0.2, 0.25) is 0 Å². The molecule has 2 rings (SSSR count). The number of hydrogen-bond acceptors (Lipinski definition) is 4. The van der Waals surface area contributed by atoms with Gasteiger partial charge in [-0.15, -0.1) is 0 Å². The molecule has 4 nitrogen and oxygen atoms in total. The second-order valence-corrected chi connectivity index (χ2v) is 7.54. The van der Waals surface area contributed by atoms with Gasteiger partial charge in [0.05, 0.1) is 10.6 Å². The van der Waals surface area contributed by atoms with Crippen molar-refractivity contribution >= 4 is 15.6 Å². The van der Waals surface area contributed by atoms with E-state index in [1.54, 1.807) is 25.1 Å². The molecule has 1 aliphatic heterocycles. The smallest absolute Gasteiger partial charge is 0.178 e. The minimum Gasteiger partial charge on any atom is -0.317 e. The molecular weight excluding hydrogens is 274 g/mol. The van der Waals surface area contributed by atoms with Crippen LogP contribution in [-0.4, -0.2) is 33.0 Å². The zero-order valence-corrected chi connectivity index (χ0v) is 12.8. The number of sulfone groups is 1. The summed E-state index contributed by atoms with van der Waals surface area (Å²) in [5.74, 6) is -0.0752. The average molecular weight is 295 g/mol. The molecule has 1 aromatic carbocycles. The first-order valence-corrected chi connectivity index (χ1v) is 8.69. The van der Waals surface area contributed by atoms with Crippen LogP contribution in [-0.2, 0) is 9.84 Å². The molecule has 0 radical (unpaired) electrons. The Morgan fingerprint density at radius 1 is 1.30 bits per heavy atom. The van der Waals surface area contributed by atoms with E-state index in [-0.39, 0.29) is 22.3 Å². The van der Waals surface area contributed by atoms with Gasteiger partial charge in [-0.2, -0.15) is 0 Å². The van der Waals surface area contributed by atoms with Gasteiger partial charge in [0.15, 0.2) is 15.6 Å². The minimum absolute atomic E-state index is 0.0164. The number of carbonyl (C=O) groups excluding carboxylic acids is 1. The van der Waals surface area contributed by atoms with E-state index in [0.717, 1.165) is 31.5 Å². The lowest BCUT2D eigenvalue weighted by Gasteiger charge is -2.22. The van der Waals surface area contributed by atoms with Gasteiger partial charge in [-0.25, -0.2) is 8.42 Å². The molecule has 20 heavy (non-hydrogen) atoms. The lowest BCUT2D eigenvalue weighted by Crippen LogP contribution is -2.32. The largest absolute Gasteiger partial charge is 0.317 e. The van der Waals surface area contributed by atoms with Crippen molar-refractivity contribution in [1.82, 2.24) is 5.32 Å². The highest BCUT2D eigenvalue weighted by Crippen LogP contribution is 2.25. The van der Waals surface area contributed by atoms with Crippen molar-refractivity contribution in [3.8, 4) is 0 Å². The van der Waals surface area contributed by atoms with Crippen molar-refractivity contribution in [2.75, 3.05) is 18.8 Å². The van der Waals surface area contributed by atoms with Crippen molar-refractivity contribution < 1.29 is 13.2 Å². The Hall–Kier alpha value is -1.20. The molecule has 1 aliphatic rings. The van der Waals surface area contributed by atoms with Crippen LogP contribution in [0.3, 0.4) is 0 Å². The van der Waals surface area contributed by atoms with Gasteiger partial charge in [0.25, 0.3) is 0 Å². The van der Waals surface area contributed by atoms with Gasteiger partial charge in [0.1, 0.15) is 0 Å². The van der Waals surface area contributed by atoms with Gasteiger partial charge in [-0.3, -0.25) is 4.79 Å². The number of aryl methyl sites for hydroxylation is 1. The second kappa shape index (κ2) is 6.06. The molecule has 0 aliphatic carbocycles. The second-order valence-electron chi connectivity index (χ2n) is 5.29. The highest BCUT2D eigenvalue weighted by molar-refractivity contribution is 7.91. The van der Waals surface area contributed by atoms with Gasteiger partial charge in [0, 0.05) is 11.5 Å². The van der Waals surface area contributed by atoms with Crippen molar-refractivity contribution in [3.05, 3.63) is 29.3 Å². The number of carbonyl (C=O) groups is 1. The lowest BCUT2D eigenvalue weighted by molar-refractivity contribution is 0.0891. The fourth-order valence-electron chi connectivity index (χ4n) is 2.57. The fraction of sp³-hybridized carbons (Fsp3) is 0.533. The van der Waals surface area contributed by atoms with E-state index < -0.39 is 9.84 Å². The standard InChI is InChI=1S/C15H21NO3S/c1-3-20(18,19)14-5-4-11(2)10-13(14)15(17)12-6-8-16-9-7-12/h4-5,10,12,16H,3,6-9H2,1-2H3. The SMILES string of the molecule is CCS(=O)(=O)c1ccc(C)cc1C(=O)C1CCNCC1. The van der Waals surface area contributed by atoms with Crippen molar-refractivity contribution in [3.63, 3.8) is 0 Å². The number of nitrogens with one attached hydrogen (secondary N) is 1. The predicted molar refractivity (Wildman–Crippen MR) is 78.8 cm³/mol. The molecule has 1 heterocycles. The summed E-state index contributed by atoms with van der Waals surface area (Å²) in [7, 11) is -3.37. The summed E-state index contributed by atoms with van der Waals surface area (Å²) in [6.07, 6.45) is 1.55. The van der Waals surface area contributed by atoms with Gasteiger partial charge in [-0.1, -0.05) is 18.6 Å². The predicted octanol–water partition coefficient (Wildman–Crippen LogP) is 1.97. The van der Waals surface area contributed by atoms with Crippen molar-refractivity contribution in [2.45, 2.75) is 31.6 Å². The third-order valence-electron chi connectivity index (χ3n) is 3.83. The van der Waals surface area contributed by atoms with Crippen LogP contribution >= 0.6 is 0 Å². The highest BCUT2D eigenvalue weighted by Gasteiger charge is 2.27. The number of Topliss-reactive ketones (excluding diaryl/α,β-unsaturated/α-hetero) is 1. The van der Waals surface area contributed by atoms with Crippen LogP contribution in [0.4, 0.5) is 0 Å². The van der Waals surface area contributed by atoms with Crippen LogP contribution in [0, 0.1) is 12.8 Å². The summed E-state index contributed by atoms with van der Waals surface area (Å²) in [6.45, 7) is 5.12. The molecule has 0 amide bonds. The monoisotopic (exact) mass is 295 g/mol. The van der Waals surface area contributed by atoms with E-state index >= 15 is 0 Å². The third kappa shape index (κ3) is 3.10. The minimum atomic E-state index is -3.37. The van der Waals surface area contributed by atoms with Gasteiger partial charge < -0.3 is 5.32 Å². The maximum atomic E-state index is 12.6. The fourth-order valence-corrected chi connectivity index (χ4v) is 3.65.